The molecule has 28 heavy (non-hydrogen) atoms. The molecule has 1 aliphatic carbocycles. The fourth-order valence-electron chi connectivity index (χ4n) is 3.87. The lowest BCUT2D eigenvalue weighted by atomic mass is 10.1. The summed E-state index contributed by atoms with van der Waals surface area (Å²) in [6.07, 6.45) is 2.15. The molecule has 1 fully saturated rings. The Bertz CT molecular complexity index is 712. The second kappa shape index (κ2) is 8.57. The van der Waals surface area contributed by atoms with Crippen LogP contribution in [0.5, 0.6) is 0 Å². The number of aromatic nitrogens is 2. The largest absolute Gasteiger partial charge is 0.466 e. The van der Waals surface area contributed by atoms with Crippen molar-refractivity contribution in [2.45, 2.75) is 58.8 Å². The van der Waals surface area contributed by atoms with Crippen molar-refractivity contribution in [3.63, 3.8) is 0 Å². The number of esters is 1. The molecular weight excluding hydrogens is 366 g/mol. The number of nitrogens with zero attached hydrogens (tertiary/aromatic N) is 3. The number of halogens is 2. The molecule has 0 aromatic carbocycles. The molecule has 8 heteroatoms. The molecule has 1 aromatic rings. The lowest BCUT2D eigenvalue weighted by molar-refractivity contribution is -0.144. The second-order valence-electron chi connectivity index (χ2n) is 8.12. The van der Waals surface area contributed by atoms with Gasteiger partial charge in [0, 0.05) is 31.6 Å². The molecule has 3 rings (SSSR count). The van der Waals surface area contributed by atoms with Crippen molar-refractivity contribution in [3.05, 3.63) is 11.3 Å². The predicted molar refractivity (Wildman–Crippen MR) is 104 cm³/mol. The van der Waals surface area contributed by atoms with Gasteiger partial charge in [-0.1, -0.05) is 13.8 Å². The van der Waals surface area contributed by atoms with Crippen LogP contribution in [0, 0.1) is 11.8 Å². The van der Waals surface area contributed by atoms with Crippen LogP contribution in [0.25, 0.3) is 0 Å². The minimum Gasteiger partial charge on any atom is -0.466 e. The molecule has 2 aliphatic rings. The molecule has 0 radical (unpaired) electrons. The van der Waals surface area contributed by atoms with Gasteiger partial charge < -0.3 is 15.0 Å². The normalized spacial score (nSPS) is 20.5. The van der Waals surface area contributed by atoms with Gasteiger partial charge >= 0.3 is 5.97 Å². The molecule has 0 bridgehead atoms. The highest BCUT2D eigenvalue weighted by atomic mass is 19.3. The minimum atomic E-state index is -2.91. The van der Waals surface area contributed by atoms with E-state index >= 15 is 0 Å². The van der Waals surface area contributed by atoms with Gasteiger partial charge in [0.2, 0.25) is 5.95 Å². The van der Waals surface area contributed by atoms with Crippen LogP contribution < -0.4 is 10.2 Å². The third-order valence-corrected chi connectivity index (χ3v) is 5.37. The zero-order valence-electron chi connectivity index (χ0n) is 16.9. The van der Waals surface area contributed by atoms with E-state index in [1.165, 1.54) is 0 Å². The molecular formula is C20H30F2N4O2. The standard InChI is InChI=1S/C20H30F2N4O2/c1-4-28-16(27)11-14-7-10-26(12-14)18-15-5-8-20(21,22)17(15)24-19(25-18)23-9-6-13(2)3/h13-14H,4-12H2,1-3H3,(H,23,24,25)/t14-/m1/s1. The van der Waals surface area contributed by atoms with E-state index in [1.807, 2.05) is 4.90 Å². The monoisotopic (exact) mass is 396 g/mol. The first-order valence-corrected chi connectivity index (χ1v) is 10.2. The van der Waals surface area contributed by atoms with E-state index in [0.29, 0.717) is 50.0 Å². The van der Waals surface area contributed by atoms with Crippen LogP contribution in [0.4, 0.5) is 20.5 Å². The maximum atomic E-state index is 14.4. The summed E-state index contributed by atoms with van der Waals surface area (Å²) in [6, 6.07) is 0. The molecule has 0 amide bonds. The first-order chi connectivity index (χ1) is 13.3. The maximum absolute atomic E-state index is 14.4. The van der Waals surface area contributed by atoms with Crippen molar-refractivity contribution in [3.8, 4) is 0 Å². The molecule has 0 spiro atoms. The molecule has 2 heterocycles. The van der Waals surface area contributed by atoms with Gasteiger partial charge in [-0.05, 0) is 38.0 Å². The Balaban J connectivity index is 1.78. The van der Waals surface area contributed by atoms with Crippen molar-refractivity contribution in [2.24, 2.45) is 11.8 Å². The van der Waals surface area contributed by atoms with E-state index in [1.54, 1.807) is 6.92 Å². The Labute approximate surface area is 165 Å². The number of hydrogen-bond donors (Lipinski definition) is 1. The molecule has 0 unspecified atom stereocenters. The summed E-state index contributed by atoms with van der Waals surface area (Å²) in [7, 11) is 0. The van der Waals surface area contributed by atoms with Gasteiger partial charge in [-0.3, -0.25) is 4.79 Å². The average molecular weight is 396 g/mol. The number of rotatable bonds is 8. The van der Waals surface area contributed by atoms with Crippen LogP contribution in [-0.4, -0.2) is 42.2 Å². The third-order valence-electron chi connectivity index (χ3n) is 5.37. The van der Waals surface area contributed by atoms with Gasteiger partial charge in [-0.25, -0.2) is 4.98 Å². The van der Waals surface area contributed by atoms with Gasteiger partial charge in [0.1, 0.15) is 11.5 Å². The number of anilines is 2. The Hall–Kier alpha value is -1.99. The molecule has 1 N–H and O–H groups in total. The first kappa shape index (κ1) is 20.7. The first-order valence-electron chi connectivity index (χ1n) is 10.2. The number of fused-ring (bicyclic) bond motifs is 1. The zero-order valence-corrected chi connectivity index (χ0v) is 16.9. The van der Waals surface area contributed by atoms with Crippen LogP contribution >= 0.6 is 0 Å². The number of hydrogen-bond acceptors (Lipinski definition) is 6. The zero-order chi connectivity index (χ0) is 20.3. The van der Waals surface area contributed by atoms with Crippen molar-refractivity contribution in [2.75, 3.05) is 36.5 Å². The van der Waals surface area contributed by atoms with Crippen LogP contribution in [0.15, 0.2) is 0 Å². The van der Waals surface area contributed by atoms with Crippen LogP contribution in [0.1, 0.15) is 57.7 Å². The lowest BCUT2D eigenvalue weighted by Gasteiger charge is -2.22. The molecule has 1 atom stereocenters. The van der Waals surface area contributed by atoms with Crippen LogP contribution in [-0.2, 0) is 21.9 Å². The summed E-state index contributed by atoms with van der Waals surface area (Å²) < 4.78 is 33.8. The van der Waals surface area contributed by atoms with E-state index in [4.69, 9.17) is 4.74 Å². The number of nitrogens with one attached hydrogen (secondary N) is 1. The molecule has 1 saturated heterocycles. The van der Waals surface area contributed by atoms with Crippen molar-refractivity contribution < 1.29 is 18.3 Å². The van der Waals surface area contributed by atoms with Gasteiger partial charge in [0.05, 0.1) is 13.0 Å². The number of alkyl halides is 2. The van der Waals surface area contributed by atoms with Crippen molar-refractivity contribution in [1.29, 1.82) is 0 Å². The van der Waals surface area contributed by atoms with E-state index in [9.17, 15) is 13.6 Å². The molecule has 1 aromatic heterocycles. The summed E-state index contributed by atoms with van der Waals surface area (Å²) in [6.45, 7) is 8.35. The fourth-order valence-corrected chi connectivity index (χ4v) is 3.87. The molecule has 0 saturated carbocycles. The Morgan fingerprint density at radius 1 is 1.39 bits per heavy atom. The van der Waals surface area contributed by atoms with Gasteiger partial charge in [-0.2, -0.15) is 13.8 Å². The van der Waals surface area contributed by atoms with Gasteiger partial charge in [0.25, 0.3) is 5.92 Å². The Morgan fingerprint density at radius 3 is 2.89 bits per heavy atom. The molecule has 1 aliphatic heterocycles. The molecule has 6 nitrogen and oxygen atoms in total. The van der Waals surface area contributed by atoms with Crippen LogP contribution in [0.3, 0.4) is 0 Å². The van der Waals surface area contributed by atoms with Crippen LogP contribution in [0.2, 0.25) is 0 Å². The number of carbonyl (C=O) groups is 1. The Kier molecular flexibility index (Phi) is 6.35. The van der Waals surface area contributed by atoms with E-state index in [-0.39, 0.29) is 36.4 Å². The van der Waals surface area contributed by atoms with Gasteiger partial charge in [-0.15, -0.1) is 0 Å². The predicted octanol–water partition coefficient (Wildman–Crippen LogP) is 3.75. The SMILES string of the molecule is CCOC(=O)C[C@H]1CCN(c2nc(NCCC(C)C)nc3c2CCC3(F)F)C1. The third kappa shape index (κ3) is 4.70. The smallest absolute Gasteiger partial charge is 0.306 e. The number of ether oxygens (including phenoxy) is 1. The summed E-state index contributed by atoms with van der Waals surface area (Å²) >= 11 is 0. The van der Waals surface area contributed by atoms with E-state index in [0.717, 1.165) is 12.8 Å². The average Bonchev–Trinajstić information content (AvgIpc) is 3.19. The minimum absolute atomic E-state index is 0.140. The summed E-state index contributed by atoms with van der Waals surface area (Å²) in [4.78, 5) is 22.5. The van der Waals surface area contributed by atoms with Crippen molar-refractivity contribution in [1.82, 2.24) is 9.97 Å². The number of carbonyl (C=O) groups excluding carboxylic acids is 1. The fraction of sp³-hybridized carbons (Fsp3) is 0.750. The maximum Gasteiger partial charge on any atom is 0.306 e. The van der Waals surface area contributed by atoms with E-state index < -0.39 is 5.92 Å². The Morgan fingerprint density at radius 2 is 2.18 bits per heavy atom. The highest BCUT2D eigenvalue weighted by molar-refractivity contribution is 5.70. The lowest BCUT2D eigenvalue weighted by Crippen LogP contribution is -2.25. The summed E-state index contributed by atoms with van der Waals surface area (Å²) in [5.74, 6) is -1.59. The van der Waals surface area contributed by atoms with Gasteiger partial charge in [0.15, 0.2) is 0 Å². The quantitative estimate of drug-likeness (QED) is 0.675. The summed E-state index contributed by atoms with van der Waals surface area (Å²) in [5.41, 5.74) is 0.412. The second-order valence-corrected chi connectivity index (χ2v) is 8.12. The molecule has 156 valence electrons. The topological polar surface area (TPSA) is 67.3 Å². The summed E-state index contributed by atoms with van der Waals surface area (Å²) in [5, 5.41) is 3.11. The van der Waals surface area contributed by atoms with E-state index in [2.05, 4.69) is 29.1 Å². The highest BCUT2D eigenvalue weighted by Gasteiger charge is 2.44. The highest BCUT2D eigenvalue weighted by Crippen LogP contribution is 2.44. The van der Waals surface area contributed by atoms with Crippen molar-refractivity contribution >= 4 is 17.7 Å².